The first-order chi connectivity index (χ1) is 15.9. The summed E-state index contributed by atoms with van der Waals surface area (Å²) in [6, 6.07) is 6.07. The zero-order valence-electron chi connectivity index (χ0n) is 19.6. The van der Waals surface area contributed by atoms with Gasteiger partial charge in [-0.3, -0.25) is 14.6 Å². The van der Waals surface area contributed by atoms with Crippen molar-refractivity contribution in [2.45, 2.75) is 38.8 Å². The van der Waals surface area contributed by atoms with E-state index in [4.69, 9.17) is 4.74 Å². The summed E-state index contributed by atoms with van der Waals surface area (Å²) in [6.07, 6.45) is 9.26. The normalized spacial score (nSPS) is 16.3. The topological polar surface area (TPSA) is 90.6 Å². The van der Waals surface area contributed by atoms with Gasteiger partial charge in [0, 0.05) is 62.3 Å². The second-order valence-corrected chi connectivity index (χ2v) is 9.14. The summed E-state index contributed by atoms with van der Waals surface area (Å²) >= 11 is 0. The molecular formula is C25H33N5O3. The van der Waals surface area contributed by atoms with Crippen LogP contribution in [-0.4, -0.2) is 66.1 Å². The number of hydrogen-bond donors (Lipinski definition) is 2. The van der Waals surface area contributed by atoms with Crippen LogP contribution in [0.4, 0.5) is 5.69 Å². The van der Waals surface area contributed by atoms with Gasteiger partial charge in [0.15, 0.2) is 0 Å². The van der Waals surface area contributed by atoms with Crippen molar-refractivity contribution in [3.05, 3.63) is 53.1 Å². The van der Waals surface area contributed by atoms with Gasteiger partial charge >= 0.3 is 0 Å². The average Bonchev–Trinajstić information content (AvgIpc) is 3.59. The summed E-state index contributed by atoms with van der Waals surface area (Å²) in [5, 5.41) is 3.27. The molecule has 2 fully saturated rings. The fourth-order valence-corrected chi connectivity index (χ4v) is 3.95. The van der Waals surface area contributed by atoms with E-state index in [2.05, 4.69) is 34.0 Å². The molecule has 1 saturated heterocycles. The van der Waals surface area contributed by atoms with Gasteiger partial charge in [0.05, 0.1) is 18.8 Å². The van der Waals surface area contributed by atoms with Gasteiger partial charge in [-0.1, -0.05) is 19.9 Å². The van der Waals surface area contributed by atoms with Crippen LogP contribution in [0.15, 0.2) is 47.5 Å². The standard InChI is InChI=1S/C25H33N5O3/c1-17(2)26-9-4-5-24(31)29-15-20(16-29)30(14-18-6-7-18)23-11-19(13-28-25(23)32)22-12-21(33-3)8-10-27-22/h4-5,8,10-13,17-18,20,26H,6-7,9,14-16H2,1-3H3,(H,28,32)/b5-4+. The number of carbonyl (C=O) groups excluding carboxylic acids is 1. The lowest BCUT2D eigenvalue weighted by atomic mass is 10.0. The first-order valence-corrected chi connectivity index (χ1v) is 11.6. The minimum absolute atomic E-state index is 0.0198. The quantitative estimate of drug-likeness (QED) is 0.539. The van der Waals surface area contributed by atoms with E-state index in [1.165, 1.54) is 12.8 Å². The van der Waals surface area contributed by atoms with Crippen LogP contribution in [0.2, 0.25) is 0 Å². The van der Waals surface area contributed by atoms with Crippen molar-refractivity contribution in [2.24, 2.45) is 5.92 Å². The largest absolute Gasteiger partial charge is 0.497 e. The van der Waals surface area contributed by atoms with Crippen LogP contribution in [0.25, 0.3) is 11.3 Å². The maximum Gasteiger partial charge on any atom is 0.271 e. The molecule has 176 valence electrons. The summed E-state index contributed by atoms with van der Waals surface area (Å²) in [4.78, 5) is 36.6. The minimum atomic E-state index is -0.119. The molecule has 0 unspecified atom stereocenters. The van der Waals surface area contributed by atoms with Gasteiger partial charge in [0.1, 0.15) is 11.4 Å². The van der Waals surface area contributed by atoms with Crippen LogP contribution < -0.4 is 20.5 Å². The van der Waals surface area contributed by atoms with Gasteiger partial charge in [-0.25, -0.2) is 0 Å². The molecule has 0 spiro atoms. The Morgan fingerprint density at radius 2 is 2.15 bits per heavy atom. The second kappa shape index (κ2) is 10.2. The number of likely N-dealkylation sites (tertiary alicyclic amines) is 1. The molecule has 2 aromatic rings. The maximum atomic E-state index is 12.8. The number of ether oxygens (including phenoxy) is 1. The van der Waals surface area contributed by atoms with Gasteiger partial charge in [-0.15, -0.1) is 0 Å². The summed E-state index contributed by atoms with van der Waals surface area (Å²) in [5.41, 5.74) is 2.09. The molecule has 2 aromatic heterocycles. The molecule has 4 rings (SSSR count). The Morgan fingerprint density at radius 3 is 2.85 bits per heavy atom. The van der Waals surface area contributed by atoms with Crippen molar-refractivity contribution >= 4 is 11.6 Å². The molecule has 1 amide bonds. The Hall–Kier alpha value is -3.13. The van der Waals surface area contributed by atoms with E-state index in [9.17, 15) is 9.59 Å². The molecule has 8 nitrogen and oxygen atoms in total. The lowest BCUT2D eigenvalue weighted by Crippen LogP contribution is -2.62. The molecule has 33 heavy (non-hydrogen) atoms. The van der Waals surface area contributed by atoms with E-state index >= 15 is 0 Å². The van der Waals surface area contributed by atoms with Gasteiger partial charge < -0.3 is 24.8 Å². The number of nitrogens with zero attached hydrogens (tertiary/aromatic N) is 3. The molecule has 3 heterocycles. The summed E-state index contributed by atoms with van der Waals surface area (Å²) < 4.78 is 5.32. The van der Waals surface area contributed by atoms with Crippen LogP contribution in [0.3, 0.4) is 0 Å². The number of hydrogen-bond acceptors (Lipinski definition) is 6. The predicted molar refractivity (Wildman–Crippen MR) is 130 cm³/mol. The van der Waals surface area contributed by atoms with E-state index in [1.807, 2.05) is 23.1 Å². The first-order valence-electron chi connectivity index (χ1n) is 11.6. The molecular weight excluding hydrogens is 418 g/mol. The van der Waals surface area contributed by atoms with Gasteiger partial charge in [0.25, 0.3) is 5.56 Å². The third-order valence-corrected chi connectivity index (χ3v) is 6.13. The Kier molecular flexibility index (Phi) is 7.13. The molecule has 1 aliphatic heterocycles. The van der Waals surface area contributed by atoms with E-state index < -0.39 is 0 Å². The number of nitrogens with one attached hydrogen (secondary N) is 2. The molecule has 0 aromatic carbocycles. The Balaban J connectivity index is 1.48. The SMILES string of the molecule is COc1ccnc(-c2c[nH]c(=O)c(N(CC3CC3)C3CN(C(=O)/C=C/CNC(C)C)C3)c2)c1. The Bertz CT molecular complexity index is 1050. The third kappa shape index (κ3) is 5.82. The van der Waals surface area contributed by atoms with Crippen molar-refractivity contribution in [3.8, 4) is 17.0 Å². The predicted octanol–water partition coefficient (Wildman–Crippen LogP) is 2.43. The molecule has 0 bridgehead atoms. The first kappa shape index (κ1) is 23.0. The molecule has 0 atom stereocenters. The smallest absolute Gasteiger partial charge is 0.271 e. The van der Waals surface area contributed by atoms with E-state index in [-0.39, 0.29) is 17.5 Å². The molecule has 0 radical (unpaired) electrons. The third-order valence-electron chi connectivity index (χ3n) is 6.13. The van der Waals surface area contributed by atoms with Crippen molar-refractivity contribution in [3.63, 3.8) is 0 Å². The van der Waals surface area contributed by atoms with Gasteiger partial charge in [0.2, 0.25) is 5.91 Å². The molecule has 2 aliphatic rings. The van der Waals surface area contributed by atoms with Crippen LogP contribution in [0.5, 0.6) is 5.75 Å². The number of anilines is 1. The number of aromatic nitrogens is 2. The van der Waals surface area contributed by atoms with Crippen LogP contribution >= 0.6 is 0 Å². The zero-order valence-corrected chi connectivity index (χ0v) is 19.6. The highest BCUT2D eigenvalue weighted by atomic mass is 16.5. The number of carbonyl (C=O) groups is 1. The highest BCUT2D eigenvalue weighted by molar-refractivity contribution is 5.88. The lowest BCUT2D eigenvalue weighted by molar-refractivity contribution is -0.130. The van der Waals surface area contributed by atoms with Gasteiger partial charge in [-0.2, -0.15) is 0 Å². The molecule has 1 aliphatic carbocycles. The van der Waals surface area contributed by atoms with Gasteiger partial charge in [-0.05, 0) is 30.9 Å². The highest BCUT2D eigenvalue weighted by Crippen LogP contribution is 2.34. The molecule has 2 N–H and O–H groups in total. The Morgan fingerprint density at radius 1 is 1.36 bits per heavy atom. The fraction of sp³-hybridized carbons (Fsp3) is 0.480. The zero-order chi connectivity index (χ0) is 23.4. The average molecular weight is 452 g/mol. The lowest BCUT2D eigenvalue weighted by Gasteiger charge is -2.46. The highest BCUT2D eigenvalue weighted by Gasteiger charge is 2.37. The molecule has 8 heteroatoms. The number of H-pyrrole nitrogens is 1. The fourth-order valence-electron chi connectivity index (χ4n) is 3.95. The summed E-state index contributed by atoms with van der Waals surface area (Å²) in [7, 11) is 1.62. The monoisotopic (exact) mass is 451 g/mol. The second-order valence-electron chi connectivity index (χ2n) is 9.14. The summed E-state index contributed by atoms with van der Waals surface area (Å²) in [6.45, 7) is 6.90. The van der Waals surface area contributed by atoms with E-state index in [1.54, 1.807) is 31.6 Å². The summed E-state index contributed by atoms with van der Waals surface area (Å²) in [5.74, 6) is 1.34. The van der Waals surface area contributed by atoms with Crippen LogP contribution in [0, 0.1) is 5.92 Å². The minimum Gasteiger partial charge on any atom is -0.497 e. The molecule has 1 saturated carbocycles. The van der Waals surface area contributed by atoms with Crippen molar-refractivity contribution < 1.29 is 9.53 Å². The maximum absolute atomic E-state index is 12.8. The number of amides is 1. The van der Waals surface area contributed by atoms with E-state index in [0.29, 0.717) is 43.0 Å². The van der Waals surface area contributed by atoms with E-state index in [0.717, 1.165) is 17.8 Å². The number of methoxy groups -OCH3 is 1. The van der Waals surface area contributed by atoms with Crippen molar-refractivity contribution in [1.29, 1.82) is 0 Å². The van der Waals surface area contributed by atoms with Crippen LogP contribution in [-0.2, 0) is 4.79 Å². The number of rotatable bonds is 10. The number of aromatic amines is 1. The van der Waals surface area contributed by atoms with Crippen molar-refractivity contribution in [2.75, 3.05) is 38.2 Å². The van der Waals surface area contributed by atoms with Crippen LogP contribution in [0.1, 0.15) is 26.7 Å². The Labute approximate surface area is 194 Å². The van der Waals surface area contributed by atoms with Crippen molar-refractivity contribution in [1.82, 2.24) is 20.2 Å². The number of pyridine rings is 2.